The van der Waals surface area contributed by atoms with E-state index in [1.54, 1.807) is 18.5 Å². The van der Waals surface area contributed by atoms with Crippen LogP contribution < -0.4 is 0 Å². The second-order valence-corrected chi connectivity index (χ2v) is 9.16. The Labute approximate surface area is 205 Å². The molecule has 5 rings (SSSR count). The Kier molecular flexibility index (Phi) is 6.68. The van der Waals surface area contributed by atoms with Gasteiger partial charge in [-0.1, -0.05) is 60.2 Å². The van der Waals surface area contributed by atoms with Crippen LogP contribution in [0.4, 0.5) is 0 Å². The van der Waals surface area contributed by atoms with Gasteiger partial charge in [-0.25, -0.2) is 14.6 Å². The van der Waals surface area contributed by atoms with Crippen molar-refractivity contribution in [3.8, 4) is 17.2 Å². The highest BCUT2D eigenvalue weighted by atomic mass is 16.4. The number of hydrogen-bond donors (Lipinski definition) is 1. The third-order valence-corrected chi connectivity index (χ3v) is 6.77. The van der Waals surface area contributed by atoms with Gasteiger partial charge in [0.2, 0.25) is 0 Å². The van der Waals surface area contributed by atoms with Crippen molar-refractivity contribution >= 4 is 5.97 Å². The minimum Gasteiger partial charge on any atom is -0.481 e. The lowest BCUT2D eigenvalue weighted by Gasteiger charge is -2.33. The second-order valence-electron chi connectivity index (χ2n) is 9.16. The maximum Gasteiger partial charge on any atom is 0.312 e. The van der Waals surface area contributed by atoms with Gasteiger partial charge in [-0.15, -0.1) is 0 Å². The minimum atomic E-state index is -0.777. The van der Waals surface area contributed by atoms with Gasteiger partial charge in [0, 0.05) is 30.4 Å². The van der Waals surface area contributed by atoms with E-state index in [0.29, 0.717) is 18.4 Å². The zero-order chi connectivity index (χ0) is 24.2. The Morgan fingerprint density at radius 2 is 1.69 bits per heavy atom. The van der Waals surface area contributed by atoms with Crippen LogP contribution in [0, 0.1) is 6.92 Å². The Morgan fingerprint density at radius 3 is 2.34 bits per heavy atom. The second kappa shape index (κ2) is 10.2. The normalized spacial score (nSPS) is 15.7. The van der Waals surface area contributed by atoms with Gasteiger partial charge in [-0.2, -0.15) is 5.10 Å². The van der Waals surface area contributed by atoms with Gasteiger partial charge in [-0.3, -0.25) is 4.79 Å². The molecule has 0 saturated carbocycles. The Balaban J connectivity index is 1.36. The summed E-state index contributed by atoms with van der Waals surface area (Å²) in [6.07, 6.45) is 5.31. The SMILES string of the molecule is Cc1ccc(-c2cc(C3CCN(CC(C(=O)O)c4ccccc4)CC3)n(-c3ncccn3)n2)cc1. The van der Waals surface area contributed by atoms with E-state index in [1.165, 1.54) is 5.56 Å². The molecule has 0 spiro atoms. The topological polar surface area (TPSA) is 84.1 Å². The zero-order valence-corrected chi connectivity index (χ0v) is 19.8. The van der Waals surface area contributed by atoms with Crippen LogP contribution in [-0.4, -0.2) is 55.4 Å². The van der Waals surface area contributed by atoms with E-state index in [2.05, 4.69) is 52.1 Å². The van der Waals surface area contributed by atoms with Gasteiger partial charge in [0.1, 0.15) is 0 Å². The fraction of sp³-hybridized carbons (Fsp3) is 0.286. The highest BCUT2D eigenvalue weighted by Gasteiger charge is 2.29. The molecule has 0 bridgehead atoms. The van der Waals surface area contributed by atoms with Crippen molar-refractivity contribution in [1.82, 2.24) is 24.6 Å². The number of aromatic nitrogens is 4. The summed E-state index contributed by atoms with van der Waals surface area (Å²) in [4.78, 5) is 23.1. The molecule has 178 valence electrons. The van der Waals surface area contributed by atoms with Crippen LogP contribution in [-0.2, 0) is 4.79 Å². The number of nitrogens with zero attached hydrogens (tertiary/aromatic N) is 5. The number of aliphatic carboxylic acids is 1. The Bertz CT molecular complexity index is 1260. The summed E-state index contributed by atoms with van der Waals surface area (Å²) in [7, 11) is 0. The minimum absolute atomic E-state index is 0.293. The van der Waals surface area contributed by atoms with Gasteiger partial charge in [0.05, 0.1) is 17.3 Å². The van der Waals surface area contributed by atoms with Crippen molar-refractivity contribution in [1.29, 1.82) is 0 Å². The first kappa shape index (κ1) is 22.9. The first-order chi connectivity index (χ1) is 17.1. The van der Waals surface area contributed by atoms with Crippen molar-refractivity contribution in [2.45, 2.75) is 31.6 Å². The Morgan fingerprint density at radius 1 is 1.00 bits per heavy atom. The van der Waals surface area contributed by atoms with E-state index in [0.717, 1.165) is 48.4 Å². The molecule has 1 atom stereocenters. The van der Waals surface area contributed by atoms with Gasteiger partial charge in [-0.05, 0) is 50.6 Å². The van der Waals surface area contributed by atoms with E-state index in [9.17, 15) is 9.90 Å². The van der Waals surface area contributed by atoms with Crippen molar-refractivity contribution in [2.75, 3.05) is 19.6 Å². The van der Waals surface area contributed by atoms with Crippen LogP contribution in [0.25, 0.3) is 17.2 Å². The highest BCUT2D eigenvalue weighted by molar-refractivity contribution is 5.76. The summed E-state index contributed by atoms with van der Waals surface area (Å²) >= 11 is 0. The molecule has 0 radical (unpaired) electrons. The van der Waals surface area contributed by atoms with E-state index < -0.39 is 11.9 Å². The Hall–Kier alpha value is -3.84. The number of carboxylic acids is 1. The summed E-state index contributed by atoms with van der Waals surface area (Å²) in [5, 5.41) is 14.7. The molecule has 1 aliphatic rings. The van der Waals surface area contributed by atoms with Crippen molar-refractivity contribution in [3.63, 3.8) is 0 Å². The molecule has 1 saturated heterocycles. The molecule has 7 heteroatoms. The molecule has 7 nitrogen and oxygen atoms in total. The summed E-state index contributed by atoms with van der Waals surface area (Å²) in [6, 6.07) is 21.8. The number of carbonyl (C=O) groups is 1. The lowest BCUT2D eigenvalue weighted by atomic mass is 9.91. The molecule has 1 unspecified atom stereocenters. The predicted molar refractivity (Wildman–Crippen MR) is 135 cm³/mol. The van der Waals surface area contributed by atoms with Gasteiger partial charge in [0.15, 0.2) is 0 Å². The van der Waals surface area contributed by atoms with Crippen LogP contribution in [0.5, 0.6) is 0 Å². The fourth-order valence-electron chi connectivity index (χ4n) is 4.79. The third kappa shape index (κ3) is 5.15. The molecule has 2 aromatic heterocycles. The summed E-state index contributed by atoms with van der Waals surface area (Å²) in [5.41, 5.74) is 5.14. The molecule has 2 aromatic carbocycles. The predicted octanol–water partition coefficient (Wildman–Crippen LogP) is 4.69. The molecule has 35 heavy (non-hydrogen) atoms. The lowest BCUT2D eigenvalue weighted by Crippen LogP contribution is -2.38. The number of benzene rings is 2. The van der Waals surface area contributed by atoms with Gasteiger partial charge < -0.3 is 10.0 Å². The van der Waals surface area contributed by atoms with E-state index in [1.807, 2.05) is 35.0 Å². The number of rotatable bonds is 7. The summed E-state index contributed by atoms with van der Waals surface area (Å²) in [5.74, 6) is -0.440. The number of carboxylic acid groups (broad SMARTS) is 1. The molecular formula is C28H29N5O2. The number of piperidine rings is 1. The zero-order valence-electron chi connectivity index (χ0n) is 19.8. The molecule has 1 N–H and O–H groups in total. The summed E-state index contributed by atoms with van der Waals surface area (Å²) < 4.78 is 1.87. The summed E-state index contributed by atoms with van der Waals surface area (Å²) in [6.45, 7) is 4.26. The van der Waals surface area contributed by atoms with Crippen molar-refractivity contribution < 1.29 is 9.90 Å². The standard InChI is InChI=1S/C28H29N5O2/c1-20-8-10-22(11-9-20)25-18-26(33(31-25)28-29-14-5-15-30-28)23-12-16-32(17-13-23)19-24(27(34)35)21-6-3-2-4-7-21/h2-11,14-15,18,23-24H,12-13,16-17,19H2,1H3,(H,34,35). The molecule has 1 fully saturated rings. The molecule has 0 amide bonds. The third-order valence-electron chi connectivity index (χ3n) is 6.77. The van der Waals surface area contributed by atoms with Crippen LogP contribution in [0.15, 0.2) is 79.1 Å². The molecular weight excluding hydrogens is 438 g/mol. The molecule has 3 heterocycles. The maximum atomic E-state index is 12.0. The van der Waals surface area contributed by atoms with Crippen LogP contribution in [0.1, 0.15) is 41.5 Å². The average Bonchev–Trinajstić information content (AvgIpc) is 3.34. The number of hydrogen-bond acceptors (Lipinski definition) is 5. The molecule has 1 aliphatic heterocycles. The van der Waals surface area contributed by atoms with Crippen molar-refractivity contribution in [2.24, 2.45) is 0 Å². The lowest BCUT2D eigenvalue weighted by molar-refractivity contribution is -0.139. The first-order valence-electron chi connectivity index (χ1n) is 12.0. The van der Waals surface area contributed by atoms with Gasteiger partial charge >= 0.3 is 5.97 Å². The van der Waals surface area contributed by atoms with Crippen LogP contribution in [0.3, 0.4) is 0 Å². The van der Waals surface area contributed by atoms with Crippen LogP contribution >= 0.6 is 0 Å². The average molecular weight is 468 g/mol. The smallest absolute Gasteiger partial charge is 0.312 e. The van der Waals surface area contributed by atoms with Crippen LogP contribution in [0.2, 0.25) is 0 Å². The molecule has 4 aromatic rings. The first-order valence-corrected chi connectivity index (χ1v) is 12.0. The molecule has 0 aliphatic carbocycles. The fourth-order valence-corrected chi connectivity index (χ4v) is 4.79. The van der Waals surface area contributed by atoms with E-state index >= 15 is 0 Å². The number of likely N-dealkylation sites (tertiary alicyclic amines) is 1. The largest absolute Gasteiger partial charge is 0.481 e. The van der Waals surface area contributed by atoms with Crippen molar-refractivity contribution in [3.05, 3.63) is 95.9 Å². The highest BCUT2D eigenvalue weighted by Crippen LogP contribution is 2.33. The van der Waals surface area contributed by atoms with E-state index in [4.69, 9.17) is 5.10 Å². The van der Waals surface area contributed by atoms with E-state index in [-0.39, 0.29) is 0 Å². The quantitative estimate of drug-likeness (QED) is 0.425. The monoisotopic (exact) mass is 467 g/mol. The van der Waals surface area contributed by atoms with Gasteiger partial charge in [0.25, 0.3) is 5.95 Å². The number of aryl methyl sites for hydroxylation is 1. The maximum absolute atomic E-state index is 12.0.